The third-order valence-corrected chi connectivity index (χ3v) is 4.18. The Hall–Kier alpha value is -1.22. The fourth-order valence-corrected chi connectivity index (χ4v) is 3.00. The van der Waals surface area contributed by atoms with Crippen LogP contribution in [-0.2, 0) is 6.54 Å². The molecular formula is C16H25NO2. The fourth-order valence-electron chi connectivity index (χ4n) is 3.00. The Morgan fingerprint density at radius 2 is 1.84 bits per heavy atom. The summed E-state index contributed by atoms with van der Waals surface area (Å²) in [7, 11) is 0. The highest BCUT2D eigenvalue weighted by Crippen LogP contribution is 2.28. The van der Waals surface area contributed by atoms with Crippen molar-refractivity contribution in [3.05, 3.63) is 23.8 Å². The second kappa shape index (κ2) is 6.80. The SMILES string of the molecule is CCCC1CCC(NCc2ccc(O)c(O)c2)CC1. The molecule has 1 aromatic rings. The molecule has 0 bridgehead atoms. The molecule has 3 nitrogen and oxygen atoms in total. The Morgan fingerprint density at radius 3 is 2.47 bits per heavy atom. The predicted molar refractivity (Wildman–Crippen MR) is 77.3 cm³/mol. The lowest BCUT2D eigenvalue weighted by molar-refractivity contribution is 0.277. The van der Waals surface area contributed by atoms with Gasteiger partial charge in [-0.15, -0.1) is 0 Å². The quantitative estimate of drug-likeness (QED) is 0.712. The third kappa shape index (κ3) is 4.13. The number of hydrogen-bond acceptors (Lipinski definition) is 3. The molecule has 1 aliphatic rings. The summed E-state index contributed by atoms with van der Waals surface area (Å²) in [5.41, 5.74) is 1.02. The maximum Gasteiger partial charge on any atom is 0.157 e. The van der Waals surface area contributed by atoms with Crippen LogP contribution in [0.15, 0.2) is 18.2 Å². The predicted octanol–water partition coefficient (Wildman–Crippen LogP) is 3.55. The van der Waals surface area contributed by atoms with E-state index < -0.39 is 0 Å². The van der Waals surface area contributed by atoms with Crippen molar-refractivity contribution in [1.29, 1.82) is 0 Å². The third-order valence-electron chi connectivity index (χ3n) is 4.18. The van der Waals surface area contributed by atoms with Crippen LogP contribution < -0.4 is 5.32 Å². The second-order valence-corrected chi connectivity index (χ2v) is 5.71. The summed E-state index contributed by atoms with van der Waals surface area (Å²) in [6.45, 7) is 3.03. The van der Waals surface area contributed by atoms with Crippen molar-refractivity contribution in [2.24, 2.45) is 5.92 Å². The van der Waals surface area contributed by atoms with E-state index in [9.17, 15) is 10.2 Å². The number of nitrogens with one attached hydrogen (secondary N) is 1. The molecule has 19 heavy (non-hydrogen) atoms. The number of rotatable bonds is 5. The average molecular weight is 263 g/mol. The van der Waals surface area contributed by atoms with E-state index in [0.717, 1.165) is 18.0 Å². The van der Waals surface area contributed by atoms with Crippen molar-refractivity contribution < 1.29 is 10.2 Å². The Kier molecular flexibility index (Phi) is 5.08. The number of aromatic hydroxyl groups is 2. The zero-order valence-electron chi connectivity index (χ0n) is 11.7. The minimum Gasteiger partial charge on any atom is -0.504 e. The van der Waals surface area contributed by atoms with Crippen molar-refractivity contribution >= 4 is 0 Å². The average Bonchev–Trinajstić information content (AvgIpc) is 2.42. The van der Waals surface area contributed by atoms with Crippen molar-refractivity contribution in [2.75, 3.05) is 0 Å². The molecule has 3 N–H and O–H groups in total. The van der Waals surface area contributed by atoms with Gasteiger partial charge in [0.15, 0.2) is 11.5 Å². The lowest BCUT2D eigenvalue weighted by Crippen LogP contribution is -2.32. The van der Waals surface area contributed by atoms with E-state index in [1.807, 2.05) is 6.07 Å². The molecule has 0 spiro atoms. The molecule has 0 amide bonds. The van der Waals surface area contributed by atoms with Gasteiger partial charge in [-0.1, -0.05) is 25.8 Å². The number of phenolic OH excluding ortho intramolecular Hbond substituents is 2. The zero-order chi connectivity index (χ0) is 13.7. The minimum atomic E-state index is -0.0520. The summed E-state index contributed by atoms with van der Waals surface area (Å²) in [6, 6.07) is 5.63. The summed E-state index contributed by atoms with van der Waals surface area (Å²) >= 11 is 0. The highest BCUT2D eigenvalue weighted by atomic mass is 16.3. The number of hydrogen-bond donors (Lipinski definition) is 3. The molecule has 0 saturated heterocycles. The van der Waals surface area contributed by atoms with Crippen molar-refractivity contribution in [3.63, 3.8) is 0 Å². The van der Waals surface area contributed by atoms with E-state index in [-0.39, 0.29) is 11.5 Å². The molecule has 2 rings (SSSR count). The maximum absolute atomic E-state index is 9.45. The monoisotopic (exact) mass is 263 g/mol. The number of benzene rings is 1. The Bertz CT molecular complexity index is 398. The first kappa shape index (κ1) is 14.2. The molecule has 0 aromatic heterocycles. The van der Waals surface area contributed by atoms with Crippen LogP contribution in [0, 0.1) is 5.92 Å². The lowest BCUT2D eigenvalue weighted by Gasteiger charge is -2.29. The molecule has 0 heterocycles. The van der Waals surface area contributed by atoms with Gasteiger partial charge in [-0.25, -0.2) is 0 Å². The van der Waals surface area contributed by atoms with Gasteiger partial charge in [0.25, 0.3) is 0 Å². The van der Waals surface area contributed by atoms with Crippen LogP contribution in [0.25, 0.3) is 0 Å². The summed E-state index contributed by atoms with van der Waals surface area (Å²) in [4.78, 5) is 0. The maximum atomic E-state index is 9.45. The smallest absolute Gasteiger partial charge is 0.157 e. The van der Waals surface area contributed by atoms with Gasteiger partial charge in [-0.3, -0.25) is 0 Å². The van der Waals surface area contributed by atoms with E-state index in [1.54, 1.807) is 12.1 Å². The molecule has 0 radical (unpaired) electrons. The van der Waals surface area contributed by atoms with E-state index in [4.69, 9.17) is 0 Å². The molecule has 1 saturated carbocycles. The first-order valence-corrected chi connectivity index (χ1v) is 7.43. The van der Waals surface area contributed by atoms with Gasteiger partial charge in [0, 0.05) is 12.6 Å². The normalized spacial score (nSPS) is 23.4. The topological polar surface area (TPSA) is 52.5 Å². The molecule has 1 fully saturated rings. The van der Waals surface area contributed by atoms with Gasteiger partial charge >= 0.3 is 0 Å². The largest absolute Gasteiger partial charge is 0.504 e. The standard InChI is InChI=1S/C16H25NO2/c1-2-3-12-4-7-14(8-5-12)17-11-13-6-9-15(18)16(19)10-13/h6,9-10,12,14,17-19H,2-5,7-8,11H2,1H3. The molecule has 3 heteroatoms. The molecule has 106 valence electrons. The Labute approximate surface area is 115 Å². The van der Waals surface area contributed by atoms with Crippen LogP contribution in [0.3, 0.4) is 0 Å². The Balaban J connectivity index is 1.75. The first-order chi connectivity index (χ1) is 9.19. The van der Waals surface area contributed by atoms with E-state index in [0.29, 0.717) is 6.04 Å². The molecule has 1 aliphatic carbocycles. The van der Waals surface area contributed by atoms with Gasteiger partial charge in [0.1, 0.15) is 0 Å². The van der Waals surface area contributed by atoms with E-state index in [2.05, 4.69) is 12.2 Å². The first-order valence-electron chi connectivity index (χ1n) is 7.43. The van der Waals surface area contributed by atoms with E-state index in [1.165, 1.54) is 38.5 Å². The van der Waals surface area contributed by atoms with Crippen LogP contribution in [-0.4, -0.2) is 16.3 Å². The highest BCUT2D eigenvalue weighted by Gasteiger charge is 2.19. The molecule has 0 aliphatic heterocycles. The molecule has 0 unspecified atom stereocenters. The summed E-state index contributed by atoms with van der Waals surface area (Å²) < 4.78 is 0. The number of phenols is 2. The van der Waals surface area contributed by atoms with Crippen molar-refractivity contribution in [1.82, 2.24) is 5.32 Å². The molecule has 0 atom stereocenters. The van der Waals surface area contributed by atoms with Gasteiger partial charge in [0.05, 0.1) is 0 Å². The minimum absolute atomic E-state index is 0.0362. The summed E-state index contributed by atoms with van der Waals surface area (Å²) in [5.74, 6) is 0.843. The zero-order valence-corrected chi connectivity index (χ0v) is 11.7. The molecular weight excluding hydrogens is 238 g/mol. The summed E-state index contributed by atoms with van der Waals surface area (Å²) in [6.07, 6.45) is 7.87. The lowest BCUT2D eigenvalue weighted by atomic mass is 9.83. The second-order valence-electron chi connectivity index (χ2n) is 5.71. The van der Waals surface area contributed by atoms with Crippen LogP contribution in [0.1, 0.15) is 51.0 Å². The van der Waals surface area contributed by atoms with Crippen LogP contribution in [0.5, 0.6) is 11.5 Å². The van der Waals surface area contributed by atoms with Gasteiger partial charge in [-0.05, 0) is 49.3 Å². The summed E-state index contributed by atoms with van der Waals surface area (Å²) in [5, 5.41) is 22.3. The highest BCUT2D eigenvalue weighted by molar-refractivity contribution is 5.40. The van der Waals surface area contributed by atoms with Gasteiger partial charge in [0.2, 0.25) is 0 Å². The van der Waals surface area contributed by atoms with E-state index >= 15 is 0 Å². The van der Waals surface area contributed by atoms with Crippen LogP contribution in [0.2, 0.25) is 0 Å². The Morgan fingerprint density at radius 1 is 1.11 bits per heavy atom. The van der Waals surface area contributed by atoms with Crippen molar-refractivity contribution in [2.45, 2.75) is 58.0 Å². The van der Waals surface area contributed by atoms with Crippen LogP contribution >= 0.6 is 0 Å². The van der Waals surface area contributed by atoms with Crippen molar-refractivity contribution in [3.8, 4) is 11.5 Å². The van der Waals surface area contributed by atoms with Gasteiger partial charge in [-0.2, -0.15) is 0 Å². The van der Waals surface area contributed by atoms with Gasteiger partial charge < -0.3 is 15.5 Å². The fraction of sp³-hybridized carbons (Fsp3) is 0.625. The van der Waals surface area contributed by atoms with Crippen LogP contribution in [0.4, 0.5) is 0 Å². The molecule has 1 aromatic carbocycles.